The second kappa shape index (κ2) is 5.23. The van der Waals surface area contributed by atoms with Crippen LogP contribution >= 0.6 is 11.6 Å². The first-order valence-electron chi connectivity index (χ1n) is 5.80. The minimum atomic E-state index is -3.16. The van der Waals surface area contributed by atoms with Gasteiger partial charge in [-0.2, -0.15) is 0 Å². The predicted octanol–water partition coefficient (Wildman–Crippen LogP) is 2.36. The van der Waals surface area contributed by atoms with Crippen LogP contribution in [0.4, 0.5) is 0 Å². The van der Waals surface area contributed by atoms with E-state index in [4.69, 9.17) is 11.6 Å². The molecule has 16 heavy (non-hydrogen) atoms. The molecule has 0 aromatic rings. The van der Waals surface area contributed by atoms with Crippen LogP contribution in [0.15, 0.2) is 0 Å². The summed E-state index contributed by atoms with van der Waals surface area (Å²) in [5.74, 6) is 0.526. The molecule has 0 aromatic carbocycles. The first-order chi connectivity index (χ1) is 7.24. The second-order valence-electron chi connectivity index (χ2n) is 5.76. The normalized spacial score (nSPS) is 26.9. The van der Waals surface area contributed by atoms with Crippen molar-refractivity contribution in [1.82, 2.24) is 4.72 Å². The Bertz CT molecular complexity index is 327. The maximum Gasteiger partial charge on any atom is 0.212 e. The number of sulfonamides is 1. The van der Waals surface area contributed by atoms with Crippen molar-refractivity contribution in [3.05, 3.63) is 0 Å². The Hall–Kier alpha value is 0.200. The van der Waals surface area contributed by atoms with E-state index in [9.17, 15) is 8.42 Å². The molecule has 0 spiro atoms. The number of rotatable bonds is 5. The highest BCUT2D eigenvalue weighted by molar-refractivity contribution is 7.89. The molecule has 5 heteroatoms. The van der Waals surface area contributed by atoms with E-state index in [-0.39, 0.29) is 23.1 Å². The van der Waals surface area contributed by atoms with Gasteiger partial charge in [0.1, 0.15) is 0 Å². The van der Waals surface area contributed by atoms with Gasteiger partial charge in [-0.1, -0.05) is 20.8 Å². The Morgan fingerprint density at radius 3 is 2.56 bits per heavy atom. The van der Waals surface area contributed by atoms with E-state index in [2.05, 4.69) is 18.6 Å². The van der Waals surface area contributed by atoms with Gasteiger partial charge in [0, 0.05) is 11.9 Å². The molecule has 2 unspecified atom stereocenters. The lowest BCUT2D eigenvalue weighted by Crippen LogP contribution is -2.37. The standard InChI is InChI=1S/C11H22ClNO2S/c1-9(7-12)8-16(14,15)13-10-4-5-11(2,3)6-10/h9-10,13H,4-8H2,1-3H3. The van der Waals surface area contributed by atoms with Crippen molar-refractivity contribution in [2.45, 2.75) is 46.1 Å². The summed E-state index contributed by atoms with van der Waals surface area (Å²) in [5.41, 5.74) is 0.269. The summed E-state index contributed by atoms with van der Waals surface area (Å²) in [6.45, 7) is 6.22. The van der Waals surface area contributed by atoms with Gasteiger partial charge >= 0.3 is 0 Å². The lowest BCUT2D eigenvalue weighted by atomic mass is 9.92. The SMILES string of the molecule is CC(CCl)CS(=O)(=O)NC1CCC(C)(C)C1. The Balaban J connectivity index is 2.48. The summed E-state index contributed by atoms with van der Waals surface area (Å²) in [6.07, 6.45) is 2.97. The van der Waals surface area contributed by atoms with Crippen LogP contribution in [-0.2, 0) is 10.0 Å². The van der Waals surface area contributed by atoms with Crippen LogP contribution in [0.1, 0.15) is 40.0 Å². The van der Waals surface area contributed by atoms with Crippen LogP contribution in [0, 0.1) is 11.3 Å². The number of hydrogen-bond acceptors (Lipinski definition) is 2. The van der Waals surface area contributed by atoms with Gasteiger partial charge in [-0.25, -0.2) is 13.1 Å². The minimum absolute atomic E-state index is 0.00794. The van der Waals surface area contributed by atoms with E-state index in [1.807, 2.05) is 6.92 Å². The fourth-order valence-electron chi connectivity index (χ4n) is 2.26. The molecule has 1 aliphatic rings. The predicted molar refractivity (Wildman–Crippen MR) is 68.2 cm³/mol. The summed E-state index contributed by atoms with van der Waals surface area (Å²) in [6, 6.07) is 0.113. The van der Waals surface area contributed by atoms with Gasteiger partial charge in [0.25, 0.3) is 0 Å². The molecule has 1 aliphatic carbocycles. The smallest absolute Gasteiger partial charge is 0.212 e. The van der Waals surface area contributed by atoms with Gasteiger partial charge in [0.15, 0.2) is 0 Å². The van der Waals surface area contributed by atoms with Crippen molar-refractivity contribution in [2.24, 2.45) is 11.3 Å². The van der Waals surface area contributed by atoms with E-state index >= 15 is 0 Å². The average Bonchev–Trinajstić information content (AvgIpc) is 2.43. The van der Waals surface area contributed by atoms with Crippen LogP contribution in [0.5, 0.6) is 0 Å². The van der Waals surface area contributed by atoms with Crippen LogP contribution in [0.3, 0.4) is 0 Å². The molecule has 0 bridgehead atoms. The molecule has 0 saturated heterocycles. The first kappa shape index (κ1) is 14.3. The molecule has 0 heterocycles. The maximum absolute atomic E-state index is 11.8. The molecule has 1 N–H and O–H groups in total. The number of alkyl halides is 1. The molecular weight excluding hydrogens is 246 g/mol. The molecule has 1 saturated carbocycles. The van der Waals surface area contributed by atoms with Crippen molar-refractivity contribution < 1.29 is 8.42 Å². The van der Waals surface area contributed by atoms with Crippen LogP contribution in [0.25, 0.3) is 0 Å². The Morgan fingerprint density at radius 1 is 1.50 bits per heavy atom. The third kappa shape index (κ3) is 4.60. The molecule has 0 amide bonds. The van der Waals surface area contributed by atoms with E-state index in [1.54, 1.807) is 0 Å². The quantitative estimate of drug-likeness (QED) is 0.778. The summed E-state index contributed by atoms with van der Waals surface area (Å²) in [4.78, 5) is 0. The highest BCUT2D eigenvalue weighted by atomic mass is 35.5. The fourth-order valence-corrected chi connectivity index (χ4v) is 4.17. The third-order valence-electron chi connectivity index (χ3n) is 3.08. The van der Waals surface area contributed by atoms with E-state index < -0.39 is 10.0 Å². The van der Waals surface area contributed by atoms with Crippen LogP contribution in [-0.4, -0.2) is 26.1 Å². The Morgan fingerprint density at radius 2 is 2.12 bits per heavy atom. The van der Waals surface area contributed by atoms with Crippen molar-refractivity contribution in [1.29, 1.82) is 0 Å². The molecule has 3 nitrogen and oxygen atoms in total. The third-order valence-corrected chi connectivity index (χ3v) is 5.31. The van der Waals surface area contributed by atoms with Crippen molar-refractivity contribution in [3.8, 4) is 0 Å². The summed E-state index contributed by atoms with van der Waals surface area (Å²) in [7, 11) is -3.16. The molecule has 0 aromatic heterocycles. The monoisotopic (exact) mass is 267 g/mol. The zero-order valence-corrected chi connectivity index (χ0v) is 11.9. The van der Waals surface area contributed by atoms with Gasteiger partial charge in [-0.15, -0.1) is 11.6 Å². The Kier molecular flexibility index (Phi) is 4.66. The highest BCUT2D eigenvalue weighted by Gasteiger charge is 2.33. The van der Waals surface area contributed by atoms with E-state index in [0.717, 1.165) is 19.3 Å². The number of hydrogen-bond donors (Lipinski definition) is 1. The van der Waals surface area contributed by atoms with Gasteiger partial charge in [0.05, 0.1) is 5.75 Å². The van der Waals surface area contributed by atoms with Gasteiger partial charge < -0.3 is 0 Å². The van der Waals surface area contributed by atoms with Crippen LogP contribution < -0.4 is 4.72 Å². The van der Waals surface area contributed by atoms with Crippen LogP contribution in [0.2, 0.25) is 0 Å². The summed E-state index contributed by atoms with van der Waals surface area (Å²) < 4.78 is 26.4. The molecule has 0 aliphatic heterocycles. The lowest BCUT2D eigenvalue weighted by Gasteiger charge is -2.18. The summed E-state index contributed by atoms with van der Waals surface area (Å²) in [5, 5.41) is 0. The van der Waals surface area contributed by atoms with Gasteiger partial charge in [-0.3, -0.25) is 0 Å². The first-order valence-corrected chi connectivity index (χ1v) is 7.99. The largest absolute Gasteiger partial charge is 0.212 e. The van der Waals surface area contributed by atoms with Crippen molar-refractivity contribution in [2.75, 3.05) is 11.6 Å². The number of nitrogens with one attached hydrogen (secondary N) is 1. The fraction of sp³-hybridized carbons (Fsp3) is 1.00. The summed E-state index contributed by atoms with van der Waals surface area (Å²) >= 11 is 5.63. The zero-order chi connectivity index (χ0) is 12.4. The van der Waals surface area contributed by atoms with E-state index in [0.29, 0.717) is 5.88 Å². The zero-order valence-electron chi connectivity index (χ0n) is 10.3. The topological polar surface area (TPSA) is 46.2 Å². The molecule has 96 valence electrons. The minimum Gasteiger partial charge on any atom is -0.212 e. The van der Waals surface area contributed by atoms with Crippen molar-refractivity contribution in [3.63, 3.8) is 0 Å². The highest BCUT2D eigenvalue weighted by Crippen LogP contribution is 2.37. The van der Waals surface area contributed by atoms with Gasteiger partial charge in [0.2, 0.25) is 10.0 Å². The second-order valence-corrected chi connectivity index (χ2v) is 7.87. The Labute approximate surface area is 104 Å². The molecule has 0 radical (unpaired) electrons. The van der Waals surface area contributed by atoms with Crippen molar-refractivity contribution >= 4 is 21.6 Å². The molecular formula is C11H22ClNO2S. The lowest BCUT2D eigenvalue weighted by molar-refractivity contribution is 0.372. The van der Waals surface area contributed by atoms with Gasteiger partial charge in [-0.05, 0) is 30.6 Å². The average molecular weight is 268 g/mol. The molecule has 2 atom stereocenters. The molecule has 1 rings (SSSR count). The molecule has 1 fully saturated rings. The number of halogens is 1. The van der Waals surface area contributed by atoms with E-state index in [1.165, 1.54) is 0 Å². The maximum atomic E-state index is 11.8.